The molecule has 1 aliphatic rings. The summed E-state index contributed by atoms with van der Waals surface area (Å²) in [5, 5.41) is 2.99. The van der Waals surface area contributed by atoms with Gasteiger partial charge in [0, 0.05) is 30.9 Å². The van der Waals surface area contributed by atoms with Gasteiger partial charge in [0.05, 0.1) is 0 Å². The number of hydrogen-bond donors (Lipinski definition) is 2. The second kappa shape index (κ2) is 7.90. The number of carbonyl (C=O) groups excluding carboxylic acids is 1. The van der Waals surface area contributed by atoms with Crippen LogP contribution in [-0.4, -0.2) is 25.5 Å². The normalized spacial score (nSPS) is 14.6. The number of carbonyl (C=O) groups is 1. The third kappa shape index (κ3) is 4.53. The molecule has 0 aromatic heterocycles. The van der Waals surface area contributed by atoms with Crippen molar-refractivity contribution < 1.29 is 4.79 Å². The molecule has 1 saturated heterocycles. The molecule has 1 aromatic carbocycles. The quantitative estimate of drug-likeness (QED) is 0.752. The van der Waals surface area contributed by atoms with Crippen molar-refractivity contribution in [1.82, 2.24) is 0 Å². The second-order valence-electron chi connectivity index (χ2n) is 5.39. The first-order valence-corrected chi connectivity index (χ1v) is 7.64. The van der Waals surface area contributed by atoms with Crippen LogP contribution in [0, 0.1) is 0 Å². The van der Waals surface area contributed by atoms with Gasteiger partial charge in [-0.05, 0) is 50.4 Å². The Morgan fingerprint density at radius 2 is 2.00 bits per heavy atom. The molecule has 0 bridgehead atoms. The molecular weight excluding hydrogens is 250 g/mol. The van der Waals surface area contributed by atoms with Crippen LogP contribution in [0.5, 0.6) is 0 Å². The molecule has 4 heteroatoms. The summed E-state index contributed by atoms with van der Waals surface area (Å²) in [6, 6.07) is 8.15. The van der Waals surface area contributed by atoms with Crippen molar-refractivity contribution in [1.29, 1.82) is 0 Å². The zero-order valence-electron chi connectivity index (χ0n) is 12.1. The van der Waals surface area contributed by atoms with Crippen LogP contribution in [0.4, 0.5) is 11.4 Å². The Bertz CT molecular complexity index is 427. The number of amides is 1. The van der Waals surface area contributed by atoms with Crippen molar-refractivity contribution in [2.24, 2.45) is 5.73 Å². The number of nitrogens with zero attached hydrogens (tertiary/aromatic N) is 1. The topological polar surface area (TPSA) is 58.4 Å². The summed E-state index contributed by atoms with van der Waals surface area (Å²) < 4.78 is 0. The molecule has 1 fully saturated rings. The number of rotatable bonds is 7. The Morgan fingerprint density at radius 3 is 2.75 bits per heavy atom. The molecule has 1 aromatic rings. The van der Waals surface area contributed by atoms with Gasteiger partial charge < -0.3 is 16.0 Å². The van der Waals surface area contributed by atoms with Gasteiger partial charge in [0.15, 0.2) is 0 Å². The van der Waals surface area contributed by atoms with Crippen molar-refractivity contribution in [2.75, 3.05) is 29.9 Å². The molecule has 0 aliphatic carbocycles. The molecule has 3 N–H and O–H groups in total. The Morgan fingerprint density at radius 1 is 1.20 bits per heavy atom. The van der Waals surface area contributed by atoms with E-state index >= 15 is 0 Å². The van der Waals surface area contributed by atoms with Gasteiger partial charge in [0.25, 0.3) is 0 Å². The number of benzene rings is 1. The van der Waals surface area contributed by atoms with E-state index in [9.17, 15) is 4.79 Å². The lowest BCUT2D eigenvalue weighted by Crippen LogP contribution is -2.18. The average Bonchev–Trinajstić information content (AvgIpc) is 2.98. The highest BCUT2D eigenvalue weighted by molar-refractivity contribution is 5.91. The second-order valence-corrected chi connectivity index (χ2v) is 5.39. The molecule has 20 heavy (non-hydrogen) atoms. The van der Waals surface area contributed by atoms with Crippen molar-refractivity contribution >= 4 is 17.3 Å². The summed E-state index contributed by atoms with van der Waals surface area (Å²) >= 11 is 0. The summed E-state index contributed by atoms with van der Waals surface area (Å²) in [7, 11) is 0. The minimum Gasteiger partial charge on any atom is -0.371 e. The minimum atomic E-state index is 0.0978. The molecule has 1 heterocycles. The number of hydrogen-bond acceptors (Lipinski definition) is 3. The first kappa shape index (κ1) is 14.9. The first-order chi connectivity index (χ1) is 9.79. The molecule has 0 spiro atoms. The van der Waals surface area contributed by atoms with Gasteiger partial charge >= 0.3 is 0 Å². The average molecular weight is 275 g/mol. The van der Waals surface area contributed by atoms with Crippen LogP contribution in [0.2, 0.25) is 0 Å². The van der Waals surface area contributed by atoms with Gasteiger partial charge in [-0.3, -0.25) is 4.79 Å². The van der Waals surface area contributed by atoms with E-state index in [4.69, 9.17) is 5.73 Å². The van der Waals surface area contributed by atoms with E-state index in [-0.39, 0.29) is 5.91 Å². The molecule has 4 nitrogen and oxygen atoms in total. The monoisotopic (exact) mass is 275 g/mol. The predicted molar refractivity (Wildman–Crippen MR) is 84.0 cm³/mol. The molecule has 1 aliphatic heterocycles. The Kier molecular flexibility index (Phi) is 5.87. The smallest absolute Gasteiger partial charge is 0.224 e. The van der Waals surface area contributed by atoms with Crippen LogP contribution in [0.3, 0.4) is 0 Å². The Hall–Kier alpha value is -1.55. The highest BCUT2D eigenvalue weighted by Gasteiger charge is 2.12. The van der Waals surface area contributed by atoms with Gasteiger partial charge in [-0.1, -0.05) is 12.5 Å². The highest BCUT2D eigenvalue weighted by atomic mass is 16.1. The minimum absolute atomic E-state index is 0.0978. The fourth-order valence-corrected chi connectivity index (χ4v) is 2.59. The maximum Gasteiger partial charge on any atom is 0.224 e. The molecule has 0 radical (unpaired) electrons. The maximum atomic E-state index is 11.9. The molecule has 1 amide bonds. The Balaban J connectivity index is 1.82. The largest absolute Gasteiger partial charge is 0.371 e. The van der Waals surface area contributed by atoms with E-state index in [1.807, 2.05) is 12.1 Å². The van der Waals surface area contributed by atoms with E-state index in [1.54, 1.807) is 0 Å². The fraction of sp³-hybridized carbons (Fsp3) is 0.562. The van der Waals surface area contributed by atoms with E-state index in [0.717, 1.165) is 38.0 Å². The summed E-state index contributed by atoms with van der Waals surface area (Å²) in [5.74, 6) is 0.0978. The lowest BCUT2D eigenvalue weighted by Gasteiger charge is -2.18. The predicted octanol–water partition coefficient (Wildman–Crippen LogP) is 2.74. The first-order valence-electron chi connectivity index (χ1n) is 7.64. The lowest BCUT2D eigenvalue weighted by atomic mass is 10.2. The molecule has 2 rings (SSSR count). The van der Waals surface area contributed by atoms with Gasteiger partial charge in [0.1, 0.15) is 0 Å². The third-order valence-electron chi connectivity index (χ3n) is 3.71. The highest BCUT2D eigenvalue weighted by Crippen LogP contribution is 2.23. The number of unbranched alkanes of at least 4 members (excludes halogenated alkanes) is 2. The summed E-state index contributed by atoms with van der Waals surface area (Å²) in [6.07, 6.45) is 6.04. The SMILES string of the molecule is NCCCCCC(=O)Nc1cccc(N2CCCC2)c1. The van der Waals surface area contributed by atoms with Gasteiger partial charge in [-0.2, -0.15) is 0 Å². The van der Waals surface area contributed by atoms with Crippen molar-refractivity contribution in [3.63, 3.8) is 0 Å². The molecule has 0 saturated carbocycles. The number of nitrogens with one attached hydrogen (secondary N) is 1. The van der Waals surface area contributed by atoms with Crippen LogP contribution in [0.1, 0.15) is 38.5 Å². The van der Waals surface area contributed by atoms with Gasteiger partial charge in [-0.15, -0.1) is 0 Å². The van der Waals surface area contributed by atoms with E-state index < -0.39 is 0 Å². The number of anilines is 2. The summed E-state index contributed by atoms with van der Waals surface area (Å²) in [5.41, 5.74) is 7.55. The van der Waals surface area contributed by atoms with Crippen LogP contribution >= 0.6 is 0 Å². The number of nitrogens with two attached hydrogens (primary N) is 1. The van der Waals surface area contributed by atoms with Crippen molar-refractivity contribution in [3.8, 4) is 0 Å². The van der Waals surface area contributed by atoms with Crippen LogP contribution < -0.4 is 16.0 Å². The van der Waals surface area contributed by atoms with Gasteiger partial charge in [0.2, 0.25) is 5.91 Å². The van der Waals surface area contributed by atoms with E-state index in [0.29, 0.717) is 13.0 Å². The lowest BCUT2D eigenvalue weighted by molar-refractivity contribution is -0.116. The van der Waals surface area contributed by atoms with Crippen LogP contribution in [-0.2, 0) is 4.79 Å². The zero-order chi connectivity index (χ0) is 14.2. The van der Waals surface area contributed by atoms with Crippen molar-refractivity contribution in [3.05, 3.63) is 24.3 Å². The summed E-state index contributed by atoms with van der Waals surface area (Å²) in [4.78, 5) is 14.2. The third-order valence-corrected chi connectivity index (χ3v) is 3.71. The standard InChI is InChI=1S/C16H25N3O/c17-10-3-1-2-9-16(20)18-14-7-6-8-15(13-14)19-11-4-5-12-19/h6-8,13H,1-5,9-12,17H2,(H,18,20). The molecular formula is C16H25N3O. The fourth-order valence-electron chi connectivity index (χ4n) is 2.59. The van der Waals surface area contributed by atoms with E-state index in [1.165, 1.54) is 18.5 Å². The zero-order valence-corrected chi connectivity index (χ0v) is 12.1. The maximum absolute atomic E-state index is 11.9. The molecule has 110 valence electrons. The van der Waals surface area contributed by atoms with Crippen LogP contribution in [0.25, 0.3) is 0 Å². The molecule has 0 unspecified atom stereocenters. The van der Waals surface area contributed by atoms with Crippen molar-refractivity contribution in [2.45, 2.75) is 38.5 Å². The summed E-state index contributed by atoms with van der Waals surface area (Å²) in [6.45, 7) is 2.95. The van der Waals surface area contributed by atoms with Crippen LogP contribution in [0.15, 0.2) is 24.3 Å². The van der Waals surface area contributed by atoms with E-state index in [2.05, 4.69) is 22.3 Å². The molecule has 0 atom stereocenters. The van der Waals surface area contributed by atoms with Gasteiger partial charge in [-0.25, -0.2) is 0 Å². The Labute approximate surface area is 121 Å².